The van der Waals surface area contributed by atoms with Crippen LogP contribution in [0.4, 0.5) is 0 Å². The van der Waals surface area contributed by atoms with Gasteiger partial charge in [-0.3, -0.25) is 0 Å². The summed E-state index contributed by atoms with van der Waals surface area (Å²) in [6.07, 6.45) is 2.25. The van der Waals surface area contributed by atoms with Gasteiger partial charge in [0.05, 0.1) is 0 Å². The topological polar surface area (TPSA) is 32.3 Å². The van der Waals surface area contributed by atoms with Gasteiger partial charge in [0.25, 0.3) is 0 Å². The lowest BCUT2D eigenvalue weighted by Gasteiger charge is -2.23. The van der Waals surface area contributed by atoms with Crippen molar-refractivity contribution in [2.45, 2.75) is 32.7 Å². The van der Waals surface area contributed by atoms with Gasteiger partial charge in [-0.1, -0.05) is 13.8 Å². The van der Waals surface area contributed by atoms with Gasteiger partial charge in [0.15, 0.2) is 0 Å². The number of aliphatic hydroxyl groups is 1. The Bertz CT molecular complexity index is 146. The monoisotopic (exact) mass is 217 g/mol. The minimum atomic E-state index is 0.301. The van der Waals surface area contributed by atoms with E-state index in [9.17, 15) is 0 Å². The van der Waals surface area contributed by atoms with Crippen molar-refractivity contribution in [3.63, 3.8) is 0 Å². The van der Waals surface area contributed by atoms with Crippen molar-refractivity contribution in [1.29, 1.82) is 0 Å². The molecule has 2 atom stereocenters. The van der Waals surface area contributed by atoms with Crippen molar-refractivity contribution in [3.8, 4) is 0 Å². The molecule has 0 spiro atoms. The first-order valence-corrected chi connectivity index (χ1v) is 6.81. The fourth-order valence-corrected chi connectivity index (χ4v) is 3.16. The molecule has 3 heteroatoms. The summed E-state index contributed by atoms with van der Waals surface area (Å²) in [6.45, 7) is 5.87. The summed E-state index contributed by atoms with van der Waals surface area (Å²) in [6, 6.07) is 0.491. The Hall–Kier alpha value is 0.270. The van der Waals surface area contributed by atoms with E-state index in [1.807, 2.05) is 0 Å². The van der Waals surface area contributed by atoms with Crippen LogP contribution < -0.4 is 5.32 Å². The summed E-state index contributed by atoms with van der Waals surface area (Å²) < 4.78 is 0. The van der Waals surface area contributed by atoms with Gasteiger partial charge in [-0.25, -0.2) is 0 Å². The van der Waals surface area contributed by atoms with Gasteiger partial charge < -0.3 is 10.4 Å². The smallest absolute Gasteiger partial charge is 0.0445 e. The first-order chi connectivity index (χ1) is 6.74. The largest absolute Gasteiger partial charge is 0.396 e. The molecule has 2 nitrogen and oxygen atoms in total. The van der Waals surface area contributed by atoms with Crippen LogP contribution in [0.15, 0.2) is 0 Å². The molecular weight excluding hydrogens is 194 g/mol. The van der Waals surface area contributed by atoms with Crippen LogP contribution in [-0.4, -0.2) is 35.8 Å². The van der Waals surface area contributed by atoms with Crippen LogP contribution in [0.1, 0.15) is 26.7 Å². The summed E-state index contributed by atoms with van der Waals surface area (Å²) >= 11 is 2.07. The maximum atomic E-state index is 8.93. The lowest BCUT2D eigenvalue weighted by molar-refractivity contribution is 0.241. The van der Waals surface area contributed by atoms with Crippen LogP contribution in [0.5, 0.6) is 0 Å². The molecule has 1 fully saturated rings. The molecule has 0 aromatic rings. The quantitative estimate of drug-likeness (QED) is 0.711. The Balaban J connectivity index is 2.17. The van der Waals surface area contributed by atoms with Crippen molar-refractivity contribution < 1.29 is 5.11 Å². The van der Waals surface area contributed by atoms with Crippen LogP contribution in [0, 0.1) is 11.8 Å². The van der Waals surface area contributed by atoms with E-state index in [1.54, 1.807) is 0 Å². The molecule has 0 amide bonds. The molecule has 0 aliphatic carbocycles. The molecule has 2 N–H and O–H groups in total. The number of hydrogen-bond acceptors (Lipinski definition) is 3. The summed E-state index contributed by atoms with van der Waals surface area (Å²) in [5.74, 6) is 4.13. The summed E-state index contributed by atoms with van der Waals surface area (Å²) in [5, 5.41) is 12.5. The Kier molecular flexibility index (Phi) is 5.90. The molecule has 1 aliphatic heterocycles. The summed E-state index contributed by atoms with van der Waals surface area (Å²) in [5.41, 5.74) is 0. The van der Waals surface area contributed by atoms with Gasteiger partial charge in [0, 0.05) is 12.6 Å². The molecule has 0 aromatic carbocycles. The van der Waals surface area contributed by atoms with E-state index in [4.69, 9.17) is 5.11 Å². The third kappa shape index (κ3) is 4.20. The van der Waals surface area contributed by atoms with Crippen LogP contribution >= 0.6 is 11.8 Å². The molecule has 0 radical (unpaired) electrons. The van der Waals surface area contributed by atoms with E-state index in [0.717, 1.165) is 18.9 Å². The zero-order valence-corrected chi connectivity index (χ0v) is 10.1. The normalized spacial score (nSPS) is 24.4. The van der Waals surface area contributed by atoms with E-state index in [1.165, 1.54) is 17.9 Å². The van der Waals surface area contributed by atoms with Gasteiger partial charge in [-0.15, -0.1) is 0 Å². The second-order valence-electron chi connectivity index (χ2n) is 4.50. The second-order valence-corrected chi connectivity index (χ2v) is 5.65. The number of hydrogen-bond donors (Lipinski definition) is 2. The van der Waals surface area contributed by atoms with Gasteiger partial charge >= 0.3 is 0 Å². The Morgan fingerprint density at radius 2 is 2.29 bits per heavy atom. The minimum Gasteiger partial charge on any atom is -0.396 e. The lowest BCUT2D eigenvalue weighted by Crippen LogP contribution is -2.37. The predicted molar refractivity (Wildman–Crippen MR) is 63.8 cm³/mol. The zero-order chi connectivity index (χ0) is 10.4. The first kappa shape index (κ1) is 12.3. The van der Waals surface area contributed by atoms with Crippen molar-refractivity contribution in [3.05, 3.63) is 0 Å². The number of rotatable bonds is 6. The molecule has 2 unspecified atom stereocenters. The Morgan fingerprint density at radius 3 is 2.79 bits per heavy atom. The average molecular weight is 217 g/mol. The van der Waals surface area contributed by atoms with Gasteiger partial charge in [0.2, 0.25) is 0 Å². The van der Waals surface area contributed by atoms with Crippen LogP contribution in [0.3, 0.4) is 0 Å². The third-order valence-corrected chi connectivity index (χ3v) is 4.17. The highest BCUT2D eigenvalue weighted by atomic mass is 32.2. The Labute approximate surface area is 91.9 Å². The number of nitrogens with one attached hydrogen (secondary N) is 1. The van der Waals surface area contributed by atoms with E-state index >= 15 is 0 Å². The third-order valence-electron chi connectivity index (χ3n) is 2.94. The number of aliphatic hydroxyl groups excluding tert-OH is 1. The van der Waals surface area contributed by atoms with Gasteiger partial charge in [0.1, 0.15) is 0 Å². The highest BCUT2D eigenvalue weighted by Crippen LogP contribution is 2.22. The van der Waals surface area contributed by atoms with E-state index in [2.05, 4.69) is 30.9 Å². The molecule has 84 valence electrons. The molecule has 14 heavy (non-hydrogen) atoms. The molecule has 1 heterocycles. The van der Waals surface area contributed by atoms with E-state index in [-0.39, 0.29) is 0 Å². The van der Waals surface area contributed by atoms with Crippen LogP contribution in [0.2, 0.25) is 0 Å². The van der Waals surface area contributed by atoms with Crippen molar-refractivity contribution in [1.82, 2.24) is 5.32 Å². The standard InChI is InChI=1S/C11H23NOS/c1-9(2)11(3-5-13)12-7-10-4-6-14-8-10/h9-13H,3-8H2,1-2H3. The molecule has 0 aromatic heterocycles. The SMILES string of the molecule is CC(C)C(CCO)NCC1CCSC1. The van der Waals surface area contributed by atoms with E-state index < -0.39 is 0 Å². The molecule has 0 saturated carbocycles. The molecule has 0 bridgehead atoms. The summed E-state index contributed by atoms with van der Waals surface area (Å²) in [7, 11) is 0. The molecule has 1 rings (SSSR count). The fraction of sp³-hybridized carbons (Fsp3) is 1.00. The summed E-state index contributed by atoms with van der Waals surface area (Å²) in [4.78, 5) is 0. The lowest BCUT2D eigenvalue weighted by atomic mass is 10.00. The number of thioether (sulfide) groups is 1. The van der Waals surface area contributed by atoms with Gasteiger partial charge in [-0.2, -0.15) is 11.8 Å². The predicted octanol–water partition coefficient (Wildman–Crippen LogP) is 1.74. The van der Waals surface area contributed by atoms with Crippen LogP contribution in [-0.2, 0) is 0 Å². The molecular formula is C11H23NOS. The Morgan fingerprint density at radius 1 is 1.50 bits per heavy atom. The van der Waals surface area contributed by atoms with Crippen molar-refractivity contribution >= 4 is 11.8 Å². The zero-order valence-electron chi connectivity index (χ0n) is 9.33. The van der Waals surface area contributed by atoms with Crippen LogP contribution in [0.25, 0.3) is 0 Å². The maximum absolute atomic E-state index is 8.93. The highest BCUT2D eigenvalue weighted by Gasteiger charge is 2.18. The fourth-order valence-electron chi connectivity index (χ4n) is 1.87. The second kappa shape index (κ2) is 6.70. The van der Waals surface area contributed by atoms with Gasteiger partial charge in [-0.05, 0) is 42.7 Å². The minimum absolute atomic E-state index is 0.301. The van der Waals surface area contributed by atoms with Crippen molar-refractivity contribution in [2.75, 3.05) is 24.7 Å². The van der Waals surface area contributed by atoms with E-state index in [0.29, 0.717) is 18.6 Å². The maximum Gasteiger partial charge on any atom is 0.0445 e. The van der Waals surface area contributed by atoms with Crippen molar-refractivity contribution in [2.24, 2.45) is 11.8 Å². The average Bonchev–Trinajstić information content (AvgIpc) is 2.64. The molecule has 1 saturated heterocycles. The molecule has 1 aliphatic rings. The first-order valence-electron chi connectivity index (χ1n) is 5.66. The highest BCUT2D eigenvalue weighted by molar-refractivity contribution is 7.99.